The van der Waals surface area contributed by atoms with Crippen LogP contribution >= 0.6 is 0 Å². The molecule has 0 aliphatic heterocycles. The predicted molar refractivity (Wildman–Crippen MR) is 84.1 cm³/mol. The van der Waals surface area contributed by atoms with Gasteiger partial charge in [0.05, 0.1) is 0 Å². The molecule has 0 atom stereocenters. The Morgan fingerprint density at radius 2 is 1.67 bits per heavy atom. The number of carbonyl (C=O) groups excluding carboxylic acids is 2. The molecule has 0 bridgehead atoms. The van der Waals surface area contributed by atoms with Crippen LogP contribution in [-0.2, 0) is 16.1 Å². The summed E-state index contributed by atoms with van der Waals surface area (Å²) in [5.41, 5.74) is 2.21. The van der Waals surface area contributed by atoms with E-state index in [0.717, 1.165) is 31.3 Å². The summed E-state index contributed by atoms with van der Waals surface area (Å²) >= 11 is 0. The first kappa shape index (κ1) is 18.0. The quantitative estimate of drug-likeness (QED) is 0.821. The van der Waals surface area contributed by atoms with Gasteiger partial charge < -0.3 is 10.6 Å². The molecule has 1 aromatic rings. The maximum absolute atomic E-state index is 12.1. The number of alkyl halides is 3. The van der Waals surface area contributed by atoms with E-state index in [2.05, 4.69) is 5.32 Å². The molecule has 0 spiro atoms. The van der Waals surface area contributed by atoms with Crippen molar-refractivity contribution in [3.05, 3.63) is 41.5 Å². The molecule has 0 saturated heterocycles. The molecule has 24 heavy (non-hydrogen) atoms. The van der Waals surface area contributed by atoms with Gasteiger partial charge in [-0.1, -0.05) is 24.1 Å². The first-order chi connectivity index (χ1) is 11.3. The second-order valence-electron chi connectivity index (χ2n) is 5.73. The molecule has 7 heteroatoms. The highest BCUT2D eigenvalue weighted by Gasteiger charge is 2.38. The lowest BCUT2D eigenvalue weighted by Gasteiger charge is -2.13. The lowest BCUT2D eigenvalue weighted by atomic mass is 9.94. The van der Waals surface area contributed by atoms with Gasteiger partial charge in [-0.3, -0.25) is 9.59 Å². The second-order valence-corrected chi connectivity index (χ2v) is 5.73. The Hall–Kier alpha value is -2.31. The van der Waals surface area contributed by atoms with E-state index in [1.54, 1.807) is 35.7 Å². The minimum atomic E-state index is -4.89. The Balaban J connectivity index is 1.85. The van der Waals surface area contributed by atoms with Gasteiger partial charge >= 0.3 is 12.1 Å². The van der Waals surface area contributed by atoms with E-state index in [1.165, 1.54) is 6.42 Å². The van der Waals surface area contributed by atoms with Crippen LogP contribution in [0.1, 0.15) is 37.7 Å². The molecule has 1 aliphatic rings. The maximum atomic E-state index is 12.1. The minimum absolute atomic E-state index is 0.204. The van der Waals surface area contributed by atoms with Crippen LogP contribution in [0.25, 0.3) is 0 Å². The van der Waals surface area contributed by atoms with Crippen molar-refractivity contribution in [3.8, 4) is 0 Å². The first-order valence-corrected chi connectivity index (χ1v) is 7.79. The van der Waals surface area contributed by atoms with Gasteiger partial charge in [0.1, 0.15) is 0 Å². The van der Waals surface area contributed by atoms with Crippen LogP contribution in [0.15, 0.2) is 35.9 Å². The first-order valence-electron chi connectivity index (χ1n) is 7.79. The number of hydrogen-bond acceptors (Lipinski definition) is 2. The van der Waals surface area contributed by atoms with Gasteiger partial charge in [-0.05, 0) is 43.4 Å². The normalized spacial score (nSPS) is 14.9. The van der Waals surface area contributed by atoms with Crippen LogP contribution in [0.3, 0.4) is 0 Å². The van der Waals surface area contributed by atoms with Crippen molar-refractivity contribution in [1.82, 2.24) is 5.32 Å². The lowest BCUT2D eigenvalue weighted by Crippen LogP contribution is -2.36. The predicted octanol–water partition coefficient (Wildman–Crippen LogP) is 3.69. The number of benzene rings is 1. The number of allylic oxidation sites excluding steroid dienone is 1. The standard InChI is InChI=1S/C17H19F3N2O2/c18-17(19,20)16(24)21-11-13-6-8-14(9-7-13)22-15(23)10-12-4-2-1-3-5-12/h6-10H,1-5,11H2,(H,21,24)(H,22,23). The van der Waals surface area contributed by atoms with Gasteiger partial charge in [0.2, 0.25) is 5.91 Å². The van der Waals surface area contributed by atoms with Crippen molar-refractivity contribution in [2.24, 2.45) is 0 Å². The summed E-state index contributed by atoms with van der Waals surface area (Å²) in [5, 5.41) is 4.52. The summed E-state index contributed by atoms with van der Waals surface area (Å²) in [6.45, 7) is -0.226. The molecule has 130 valence electrons. The van der Waals surface area contributed by atoms with E-state index >= 15 is 0 Å². The summed E-state index contributed by atoms with van der Waals surface area (Å²) in [6, 6.07) is 6.29. The molecule has 4 nitrogen and oxygen atoms in total. The molecule has 1 aliphatic carbocycles. The largest absolute Gasteiger partial charge is 0.471 e. The van der Waals surface area contributed by atoms with Crippen molar-refractivity contribution in [3.63, 3.8) is 0 Å². The summed E-state index contributed by atoms with van der Waals surface area (Å²) < 4.78 is 36.3. The fourth-order valence-corrected chi connectivity index (χ4v) is 2.50. The van der Waals surface area contributed by atoms with Crippen LogP contribution in [-0.4, -0.2) is 18.0 Å². The molecule has 0 aromatic heterocycles. The van der Waals surface area contributed by atoms with Crippen LogP contribution < -0.4 is 10.6 Å². The van der Waals surface area contributed by atoms with Crippen LogP contribution in [0.4, 0.5) is 18.9 Å². The van der Waals surface area contributed by atoms with E-state index in [4.69, 9.17) is 0 Å². The number of carbonyl (C=O) groups is 2. The Kier molecular flexibility index (Phi) is 6.00. The van der Waals surface area contributed by atoms with Gasteiger partial charge in [0, 0.05) is 18.3 Å². The Morgan fingerprint density at radius 1 is 1.04 bits per heavy atom. The number of rotatable bonds is 4. The van der Waals surface area contributed by atoms with Crippen molar-refractivity contribution < 1.29 is 22.8 Å². The van der Waals surface area contributed by atoms with Crippen molar-refractivity contribution in [2.45, 2.75) is 44.8 Å². The third-order valence-electron chi connectivity index (χ3n) is 3.76. The Bertz CT molecular complexity index is 614. The van der Waals surface area contributed by atoms with Crippen LogP contribution in [0, 0.1) is 0 Å². The molecule has 1 fully saturated rings. The zero-order chi connectivity index (χ0) is 17.6. The van der Waals surface area contributed by atoms with Crippen molar-refractivity contribution in [2.75, 3.05) is 5.32 Å². The number of anilines is 1. The molecule has 1 saturated carbocycles. The van der Waals surface area contributed by atoms with Crippen LogP contribution in [0.5, 0.6) is 0 Å². The van der Waals surface area contributed by atoms with Gasteiger partial charge in [-0.15, -0.1) is 0 Å². The van der Waals surface area contributed by atoms with E-state index in [-0.39, 0.29) is 12.5 Å². The number of halogens is 3. The zero-order valence-corrected chi connectivity index (χ0v) is 13.1. The average Bonchev–Trinajstić information content (AvgIpc) is 2.54. The maximum Gasteiger partial charge on any atom is 0.471 e. The Labute approximate surface area is 138 Å². The summed E-state index contributed by atoms with van der Waals surface area (Å²) in [7, 11) is 0. The van der Waals surface area contributed by atoms with E-state index in [1.807, 2.05) is 0 Å². The molecule has 0 radical (unpaired) electrons. The topological polar surface area (TPSA) is 58.2 Å². The van der Waals surface area contributed by atoms with Crippen molar-refractivity contribution in [1.29, 1.82) is 0 Å². The van der Waals surface area contributed by atoms with E-state index < -0.39 is 12.1 Å². The summed E-state index contributed by atoms with van der Waals surface area (Å²) in [4.78, 5) is 22.7. The number of amides is 2. The smallest absolute Gasteiger partial charge is 0.344 e. The Morgan fingerprint density at radius 3 is 2.25 bits per heavy atom. The average molecular weight is 340 g/mol. The lowest BCUT2D eigenvalue weighted by molar-refractivity contribution is -0.173. The monoisotopic (exact) mass is 340 g/mol. The molecular weight excluding hydrogens is 321 g/mol. The van der Waals surface area contributed by atoms with E-state index in [9.17, 15) is 22.8 Å². The number of nitrogens with one attached hydrogen (secondary N) is 2. The summed E-state index contributed by atoms with van der Waals surface area (Å²) in [5.74, 6) is -2.18. The summed E-state index contributed by atoms with van der Waals surface area (Å²) in [6.07, 6.45) is 2.05. The molecule has 1 aromatic carbocycles. The van der Waals surface area contributed by atoms with Gasteiger partial charge in [0.15, 0.2) is 0 Å². The molecule has 2 N–H and O–H groups in total. The second kappa shape index (κ2) is 7.99. The van der Waals surface area contributed by atoms with Gasteiger partial charge in [-0.2, -0.15) is 13.2 Å². The molecule has 2 amide bonds. The minimum Gasteiger partial charge on any atom is -0.344 e. The van der Waals surface area contributed by atoms with Crippen molar-refractivity contribution >= 4 is 17.5 Å². The SMILES string of the molecule is O=C(C=C1CCCCC1)Nc1ccc(CNC(=O)C(F)(F)F)cc1. The van der Waals surface area contributed by atoms with Crippen LogP contribution in [0.2, 0.25) is 0 Å². The van der Waals surface area contributed by atoms with E-state index in [0.29, 0.717) is 11.3 Å². The van der Waals surface area contributed by atoms with Gasteiger partial charge in [0.25, 0.3) is 0 Å². The zero-order valence-electron chi connectivity index (χ0n) is 13.1. The highest BCUT2D eigenvalue weighted by atomic mass is 19.4. The fraction of sp³-hybridized carbons (Fsp3) is 0.412. The number of hydrogen-bond donors (Lipinski definition) is 2. The third kappa shape index (κ3) is 5.72. The molecule has 2 rings (SSSR count). The molecule has 0 heterocycles. The molecular formula is C17H19F3N2O2. The molecule has 0 unspecified atom stereocenters. The highest BCUT2D eigenvalue weighted by molar-refractivity contribution is 5.99. The highest BCUT2D eigenvalue weighted by Crippen LogP contribution is 2.22. The fourth-order valence-electron chi connectivity index (χ4n) is 2.50. The van der Waals surface area contributed by atoms with Gasteiger partial charge in [-0.25, -0.2) is 0 Å². The third-order valence-corrected chi connectivity index (χ3v) is 3.76.